The van der Waals surface area contributed by atoms with E-state index in [1.807, 2.05) is 25.1 Å². The van der Waals surface area contributed by atoms with Gasteiger partial charge in [0.2, 0.25) is 5.91 Å². The van der Waals surface area contributed by atoms with Crippen molar-refractivity contribution in [3.05, 3.63) is 23.8 Å². The summed E-state index contributed by atoms with van der Waals surface area (Å²) < 4.78 is 11.5. The molecule has 0 radical (unpaired) electrons. The Morgan fingerprint density at radius 2 is 2.17 bits per heavy atom. The minimum Gasteiger partial charge on any atom is -0.489 e. The number of aryl methyl sites for hydroxylation is 1. The topological polar surface area (TPSA) is 59.6 Å². The molecule has 3 rings (SSSR count). The van der Waals surface area contributed by atoms with Crippen LogP contribution in [0.2, 0.25) is 0 Å². The van der Waals surface area contributed by atoms with Crippen LogP contribution in [0.5, 0.6) is 5.75 Å². The molecule has 5 nitrogen and oxygen atoms in total. The zero-order chi connectivity index (χ0) is 16.1. The van der Waals surface area contributed by atoms with Crippen LogP contribution in [0, 0.1) is 12.8 Å². The Labute approximate surface area is 149 Å². The number of hydrogen-bond donors (Lipinski definition) is 2. The third kappa shape index (κ3) is 5.96. The van der Waals surface area contributed by atoms with Crippen molar-refractivity contribution in [1.29, 1.82) is 0 Å². The number of anilines is 1. The molecule has 1 saturated carbocycles. The van der Waals surface area contributed by atoms with Gasteiger partial charge >= 0.3 is 0 Å². The first-order valence-corrected chi connectivity index (χ1v) is 8.56. The smallest absolute Gasteiger partial charge is 0.238 e. The van der Waals surface area contributed by atoms with E-state index in [2.05, 4.69) is 10.6 Å². The number of carbonyl (C=O) groups excluding carboxylic acids is 1. The Bertz CT molecular complexity index is 543. The van der Waals surface area contributed by atoms with Crippen LogP contribution in [0.4, 0.5) is 5.69 Å². The van der Waals surface area contributed by atoms with Crippen LogP contribution in [-0.4, -0.2) is 38.3 Å². The maximum atomic E-state index is 12.1. The molecular weight excluding hydrogens is 328 g/mol. The van der Waals surface area contributed by atoms with Crippen LogP contribution in [-0.2, 0) is 9.53 Å². The van der Waals surface area contributed by atoms with Crippen LogP contribution < -0.4 is 15.4 Å². The summed E-state index contributed by atoms with van der Waals surface area (Å²) in [5.74, 6) is 1.46. The van der Waals surface area contributed by atoms with Gasteiger partial charge < -0.3 is 20.1 Å². The molecule has 0 aromatic heterocycles. The summed E-state index contributed by atoms with van der Waals surface area (Å²) in [6.07, 6.45) is 4.87. The van der Waals surface area contributed by atoms with Crippen molar-refractivity contribution in [2.75, 3.05) is 31.6 Å². The van der Waals surface area contributed by atoms with Crippen LogP contribution in [0.1, 0.15) is 31.2 Å². The molecule has 134 valence electrons. The van der Waals surface area contributed by atoms with Crippen molar-refractivity contribution in [3.63, 3.8) is 0 Å². The van der Waals surface area contributed by atoms with Gasteiger partial charge in [-0.25, -0.2) is 0 Å². The van der Waals surface area contributed by atoms with Crippen LogP contribution in [0.3, 0.4) is 0 Å². The van der Waals surface area contributed by atoms with Gasteiger partial charge in [0.15, 0.2) is 0 Å². The van der Waals surface area contributed by atoms with E-state index in [0.29, 0.717) is 13.2 Å². The molecule has 1 saturated heterocycles. The molecule has 1 aliphatic carbocycles. The third-order valence-corrected chi connectivity index (χ3v) is 4.28. The van der Waals surface area contributed by atoms with Gasteiger partial charge in [0, 0.05) is 6.61 Å². The van der Waals surface area contributed by atoms with Gasteiger partial charge in [0.25, 0.3) is 0 Å². The van der Waals surface area contributed by atoms with Gasteiger partial charge in [-0.3, -0.25) is 4.79 Å². The average molecular weight is 355 g/mol. The zero-order valence-corrected chi connectivity index (χ0v) is 15.0. The molecule has 2 fully saturated rings. The van der Waals surface area contributed by atoms with Gasteiger partial charge in [0.05, 0.1) is 18.3 Å². The van der Waals surface area contributed by atoms with Crippen molar-refractivity contribution in [2.24, 2.45) is 5.92 Å². The van der Waals surface area contributed by atoms with E-state index in [4.69, 9.17) is 9.47 Å². The maximum absolute atomic E-state index is 12.1. The van der Waals surface area contributed by atoms with Crippen molar-refractivity contribution in [1.82, 2.24) is 5.32 Å². The fraction of sp³-hybridized carbons (Fsp3) is 0.611. The lowest BCUT2D eigenvalue weighted by atomic mass is 10.2. The summed E-state index contributed by atoms with van der Waals surface area (Å²) in [5, 5.41) is 6.14. The lowest BCUT2D eigenvalue weighted by Gasteiger charge is -2.16. The normalized spacial score (nSPS) is 19.6. The van der Waals surface area contributed by atoms with E-state index in [1.54, 1.807) is 0 Å². The van der Waals surface area contributed by atoms with Gasteiger partial charge in [-0.1, -0.05) is 6.07 Å². The van der Waals surface area contributed by atoms with Crippen molar-refractivity contribution in [3.8, 4) is 5.75 Å². The highest BCUT2D eigenvalue weighted by Crippen LogP contribution is 2.28. The van der Waals surface area contributed by atoms with Gasteiger partial charge in [-0.15, -0.1) is 12.4 Å². The number of ether oxygens (including phenoxy) is 2. The standard InChI is InChI=1S/C18H26N2O3.ClH/c1-13-4-7-16(20-18(21)11-19-10-14-5-6-14)17(9-13)23-12-15-3-2-8-22-15;/h4,7,9,14-15,19H,2-3,5-6,8,10-12H2,1H3,(H,20,21);1H. The summed E-state index contributed by atoms with van der Waals surface area (Å²) in [4.78, 5) is 12.1. The molecule has 1 unspecified atom stereocenters. The molecule has 1 aromatic carbocycles. The van der Waals surface area contributed by atoms with E-state index < -0.39 is 0 Å². The van der Waals surface area contributed by atoms with Gasteiger partial charge in [0.1, 0.15) is 12.4 Å². The summed E-state index contributed by atoms with van der Waals surface area (Å²) in [6.45, 7) is 4.64. The quantitative estimate of drug-likeness (QED) is 0.753. The van der Waals surface area contributed by atoms with E-state index in [9.17, 15) is 4.79 Å². The lowest BCUT2D eigenvalue weighted by Crippen LogP contribution is -2.29. The first-order chi connectivity index (χ1) is 11.2. The number of halogens is 1. The Kier molecular flexibility index (Phi) is 7.34. The monoisotopic (exact) mass is 354 g/mol. The second-order valence-electron chi connectivity index (χ2n) is 6.57. The number of nitrogens with one attached hydrogen (secondary N) is 2. The van der Waals surface area contributed by atoms with E-state index in [1.165, 1.54) is 12.8 Å². The highest BCUT2D eigenvalue weighted by atomic mass is 35.5. The van der Waals surface area contributed by atoms with Crippen LogP contribution >= 0.6 is 12.4 Å². The Morgan fingerprint density at radius 1 is 1.33 bits per heavy atom. The summed E-state index contributed by atoms with van der Waals surface area (Å²) in [6, 6.07) is 5.84. The minimum absolute atomic E-state index is 0. The second kappa shape index (κ2) is 9.25. The Balaban J connectivity index is 0.00000208. The second-order valence-corrected chi connectivity index (χ2v) is 6.57. The van der Waals surface area contributed by atoms with Crippen LogP contribution in [0.25, 0.3) is 0 Å². The first-order valence-electron chi connectivity index (χ1n) is 8.56. The highest BCUT2D eigenvalue weighted by molar-refractivity contribution is 5.93. The van der Waals surface area contributed by atoms with E-state index in [0.717, 1.165) is 48.9 Å². The fourth-order valence-corrected chi connectivity index (χ4v) is 2.72. The molecule has 1 aromatic rings. The SMILES string of the molecule is Cc1ccc(NC(=O)CNCC2CC2)c(OCC2CCCO2)c1.Cl. The molecule has 0 spiro atoms. The van der Waals surface area contributed by atoms with Gasteiger partial charge in [-0.2, -0.15) is 0 Å². The van der Waals surface area contributed by atoms with Crippen LogP contribution in [0.15, 0.2) is 18.2 Å². The van der Waals surface area contributed by atoms with Crippen molar-refractivity contribution in [2.45, 2.75) is 38.7 Å². The molecular formula is C18H27ClN2O3. The minimum atomic E-state index is -0.0310. The summed E-state index contributed by atoms with van der Waals surface area (Å²) in [7, 11) is 0. The molecule has 2 aliphatic rings. The fourth-order valence-electron chi connectivity index (χ4n) is 2.72. The van der Waals surface area contributed by atoms with E-state index in [-0.39, 0.29) is 24.4 Å². The third-order valence-electron chi connectivity index (χ3n) is 4.28. The molecule has 1 heterocycles. The summed E-state index contributed by atoms with van der Waals surface area (Å²) in [5.41, 5.74) is 1.84. The largest absolute Gasteiger partial charge is 0.489 e. The highest BCUT2D eigenvalue weighted by Gasteiger charge is 2.21. The number of rotatable bonds is 8. The number of hydrogen-bond acceptors (Lipinski definition) is 4. The zero-order valence-electron chi connectivity index (χ0n) is 14.2. The molecule has 1 amide bonds. The maximum Gasteiger partial charge on any atom is 0.238 e. The Hall–Kier alpha value is -1.30. The molecule has 6 heteroatoms. The van der Waals surface area contributed by atoms with E-state index >= 15 is 0 Å². The molecule has 1 atom stereocenters. The predicted octanol–water partition coefficient (Wildman–Crippen LogP) is 2.91. The molecule has 1 aliphatic heterocycles. The van der Waals surface area contributed by atoms with Crippen molar-refractivity contribution >= 4 is 24.0 Å². The number of amides is 1. The predicted molar refractivity (Wildman–Crippen MR) is 97.1 cm³/mol. The number of carbonyl (C=O) groups is 1. The lowest BCUT2D eigenvalue weighted by molar-refractivity contribution is -0.115. The molecule has 24 heavy (non-hydrogen) atoms. The molecule has 0 bridgehead atoms. The summed E-state index contributed by atoms with van der Waals surface area (Å²) >= 11 is 0. The van der Waals surface area contributed by atoms with Gasteiger partial charge in [-0.05, 0) is 62.8 Å². The van der Waals surface area contributed by atoms with Crippen molar-refractivity contribution < 1.29 is 14.3 Å². The number of benzene rings is 1. The Morgan fingerprint density at radius 3 is 2.88 bits per heavy atom. The molecule has 2 N–H and O–H groups in total. The first kappa shape index (κ1) is 19.0. The average Bonchev–Trinajstić information content (AvgIpc) is 3.20.